The van der Waals surface area contributed by atoms with Gasteiger partial charge in [-0.25, -0.2) is 9.97 Å². The third kappa shape index (κ3) is 4.05. The Kier molecular flexibility index (Phi) is 4.70. The van der Waals surface area contributed by atoms with Crippen LogP contribution in [0.1, 0.15) is 22.8 Å². The van der Waals surface area contributed by atoms with Gasteiger partial charge in [0.15, 0.2) is 0 Å². The maximum absolute atomic E-state index is 7.12. The number of H-pyrrole nitrogens is 2. The summed E-state index contributed by atoms with van der Waals surface area (Å²) < 4.78 is 0. The van der Waals surface area contributed by atoms with E-state index in [2.05, 4.69) is 44.2 Å². The van der Waals surface area contributed by atoms with Crippen LogP contribution in [0.15, 0.2) is 48.5 Å². The van der Waals surface area contributed by atoms with Gasteiger partial charge in [0.05, 0.1) is 22.8 Å². The number of nitrogens with one attached hydrogen (secondary N) is 2. The van der Waals surface area contributed by atoms with Crippen LogP contribution in [-0.4, -0.2) is 37.7 Å². The molecule has 0 radical (unpaired) electrons. The smallest absolute Gasteiger partial charge is 0.430 e. The molecule has 132 valence electrons. The van der Waals surface area contributed by atoms with Crippen molar-refractivity contribution in [1.29, 1.82) is 0 Å². The second-order valence-electron chi connectivity index (χ2n) is 6.05. The largest absolute Gasteiger partial charge is 0.432 e. The van der Waals surface area contributed by atoms with E-state index >= 15 is 0 Å². The zero-order valence-electron chi connectivity index (χ0n) is 14.4. The van der Waals surface area contributed by atoms with Gasteiger partial charge in [0, 0.05) is 22.1 Å². The van der Waals surface area contributed by atoms with Gasteiger partial charge in [0.1, 0.15) is 0 Å². The predicted octanol–water partition coefficient (Wildman–Crippen LogP) is 2.89. The monoisotopic (exact) mass is 356 g/mol. The van der Waals surface area contributed by atoms with Crippen LogP contribution in [0, 0.1) is 0 Å². The van der Waals surface area contributed by atoms with Crippen LogP contribution >= 0.6 is 0 Å². The van der Waals surface area contributed by atoms with Crippen LogP contribution in [0.25, 0.3) is 46.4 Å². The third-order valence-electron chi connectivity index (χ3n) is 4.04. The number of nitrogens with zero attached hydrogens (tertiary/aromatic N) is 2. The first-order chi connectivity index (χ1) is 13.2. The minimum atomic E-state index is -0.750. The molecule has 0 aliphatic carbocycles. The average molecular weight is 356 g/mol. The van der Waals surface area contributed by atoms with Crippen LogP contribution in [0.5, 0.6) is 0 Å². The first kappa shape index (κ1) is 17.0. The van der Waals surface area contributed by atoms with Gasteiger partial charge in [-0.1, -0.05) is 0 Å². The van der Waals surface area contributed by atoms with E-state index in [0.29, 0.717) is 0 Å². The molecular weight excluding hydrogens is 339 g/mol. The molecular formula is C20H17BN4O2. The highest BCUT2D eigenvalue weighted by atomic mass is 16.4. The standard InChI is InChI=1S/C20H14N4.BH3O2/c1-2-14-10-16-5-6-18(23-16)12-20-8-7-19(24-20)11-17-4-3-15(22-17)9-13(1)21-14;2-1-3/h1-12,21,24H;1-3H. The topological polar surface area (TPSA) is 97.8 Å². The summed E-state index contributed by atoms with van der Waals surface area (Å²) in [7, 11) is -0.750. The van der Waals surface area contributed by atoms with Crippen LogP contribution in [0.3, 0.4) is 0 Å². The average Bonchev–Trinajstić information content (AvgIpc) is 3.41. The van der Waals surface area contributed by atoms with E-state index in [9.17, 15) is 0 Å². The molecule has 0 spiro atoms. The van der Waals surface area contributed by atoms with Crippen molar-refractivity contribution in [3.63, 3.8) is 0 Å². The van der Waals surface area contributed by atoms with E-state index in [0.717, 1.165) is 44.8 Å². The Labute approximate surface area is 155 Å². The molecule has 3 aromatic heterocycles. The van der Waals surface area contributed by atoms with Crippen molar-refractivity contribution in [2.75, 3.05) is 0 Å². The summed E-state index contributed by atoms with van der Waals surface area (Å²) in [5, 5.41) is 14.2. The Hall–Kier alpha value is -3.42. The molecule has 27 heavy (non-hydrogen) atoms. The van der Waals surface area contributed by atoms with E-state index in [1.54, 1.807) is 0 Å². The lowest BCUT2D eigenvalue weighted by Gasteiger charge is -1.85. The molecule has 6 nitrogen and oxygen atoms in total. The zero-order chi connectivity index (χ0) is 18.6. The van der Waals surface area contributed by atoms with Crippen molar-refractivity contribution < 1.29 is 10.0 Å². The maximum atomic E-state index is 7.12. The summed E-state index contributed by atoms with van der Waals surface area (Å²) in [5.74, 6) is 0. The molecule has 0 saturated heterocycles. The molecule has 0 atom stereocenters. The van der Waals surface area contributed by atoms with Gasteiger partial charge < -0.3 is 20.0 Å². The van der Waals surface area contributed by atoms with Gasteiger partial charge in [-0.3, -0.25) is 0 Å². The van der Waals surface area contributed by atoms with Crippen molar-refractivity contribution in [1.82, 2.24) is 19.9 Å². The molecule has 0 amide bonds. The number of hydrogen-bond donors (Lipinski definition) is 4. The Bertz CT molecular complexity index is 1020. The number of aromatic nitrogens is 4. The Balaban J connectivity index is 0.000000565. The Morgan fingerprint density at radius 3 is 1.07 bits per heavy atom. The van der Waals surface area contributed by atoms with Crippen molar-refractivity contribution in [2.45, 2.75) is 0 Å². The molecule has 0 unspecified atom stereocenters. The lowest BCUT2D eigenvalue weighted by atomic mass is 10.3. The fourth-order valence-electron chi connectivity index (χ4n) is 2.94. The van der Waals surface area contributed by atoms with E-state index in [1.807, 2.05) is 48.6 Å². The first-order valence-electron chi connectivity index (χ1n) is 8.48. The maximum Gasteiger partial charge on any atom is 0.432 e. The highest BCUT2D eigenvalue weighted by molar-refractivity contribution is 6.13. The number of aromatic amines is 2. The van der Waals surface area contributed by atoms with Crippen LogP contribution in [0.2, 0.25) is 0 Å². The van der Waals surface area contributed by atoms with Gasteiger partial charge in [0.25, 0.3) is 0 Å². The third-order valence-corrected chi connectivity index (χ3v) is 4.04. The first-order valence-corrected chi connectivity index (χ1v) is 8.48. The van der Waals surface area contributed by atoms with Gasteiger partial charge in [-0.05, 0) is 72.8 Å². The molecule has 0 aromatic carbocycles. The fourth-order valence-corrected chi connectivity index (χ4v) is 2.94. The summed E-state index contributed by atoms with van der Waals surface area (Å²) in [6.45, 7) is 0. The van der Waals surface area contributed by atoms with Crippen LogP contribution in [-0.2, 0) is 0 Å². The molecule has 5 rings (SSSR count). The highest BCUT2D eigenvalue weighted by Crippen LogP contribution is 2.16. The summed E-state index contributed by atoms with van der Waals surface area (Å²) in [6.07, 6.45) is 8.09. The number of fused-ring (bicyclic) bond motifs is 8. The van der Waals surface area contributed by atoms with E-state index in [1.165, 1.54) is 0 Å². The van der Waals surface area contributed by atoms with E-state index < -0.39 is 7.69 Å². The molecule has 2 aliphatic rings. The molecule has 2 aliphatic heterocycles. The van der Waals surface area contributed by atoms with Crippen molar-refractivity contribution in [2.24, 2.45) is 0 Å². The summed E-state index contributed by atoms with van der Waals surface area (Å²) in [5.41, 5.74) is 7.86. The van der Waals surface area contributed by atoms with Gasteiger partial charge in [-0.15, -0.1) is 0 Å². The molecule has 0 saturated carbocycles. The number of rotatable bonds is 0. The lowest BCUT2D eigenvalue weighted by Crippen LogP contribution is -1.75. The van der Waals surface area contributed by atoms with Gasteiger partial charge >= 0.3 is 7.69 Å². The normalized spacial score (nSPS) is 11.8. The van der Waals surface area contributed by atoms with E-state index in [-0.39, 0.29) is 0 Å². The molecule has 4 N–H and O–H groups in total. The van der Waals surface area contributed by atoms with Crippen molar-refractivity contribution >= 4 is 54.1 Å². The zero-order valence-corrected chi connectivity index (χ0v) is 14.4. The van der Waals surface area contributed by atoms with Crippen LogP contribution < -0.4 is 0 Å². The van der Waals surface area contributed by atoms with E-state index in [4.69, 9.17) is 10.0 Å². The minimum Gasteiger partial charge on any atom is -0.430 e. The van der Waals surface area contributed by atoms with Crippen molar-refractivity contribution in [3.05, 3.63) is 71.3 Å². The summed E-state index contributed by atoms with van der Waals surface area (Å²) in [6, 6.07) is 16.4. The van der Waals surface area contributed by atoms with Crippen molar-refractivity contribution in [3.8, 4) is 0 Å². The molecule has 0 fully saturated rings. The molecule has 7 heteroatoms. The number of hydrogen-bond acceptors (Lipinski definition) is 4. The lowest BCUT2D eigenvalue weighted by molar-refractivity contribution is 0.448. The molecule has 8 bridgehead atoms. The second kappa shape index (κ2) is 7.45. The highest BCUT2D eigenvalue weighted by Gasteiger charge is 2.01. The summed E-state index contributed by atoms with van der Waals surface area (Å²) in [4.78, 5) is 16.0. The summed E-state index contributed by atoms with van der Waals surface area (Å²) >= 11 is 0. The molecule has 3 aromatic rings. The second-order valence-corrected chi connectivity index (χ2v) is 6.05. The minimum absolute atomic E-state index is 0.750. The predicted molar refractivity (Wildman–Crippen MR) is 110 cm³/mol. The Morgan fingerprint density at radius 2 is 0.815 bits per heavy atom. The fraction of sp³-hybridized carbons (Fsp3) is 0. The Morgan fingerprint density at radius 1 is 0.556 bits per heavy atom. The quantitative estimate of drug-likeness (QED) is 0.321. The SMILES string of the molecule is C1=Cc2cc3ccc(cc4nc(cc5ccc(cc1n2)[nH]5)C=C4)[nH]3.OBO. The molecule has 5 heterocycles. The van der Waals surface area contributed by atoms with Gasteiger partial charge in [0.2, 0.25) is 0 Å². The van der Waals surface area contributed by atoms with Crippen LogP contribution in [0.4, 0.5) is 0 Å². The van der Waals surface area contributed by atoms with Gasteiger partial charge in [-0.2, -0.15) is 0 Å².